The molecule has 0 unspecified atom stereocenters. The summed E-state index contributed by atoms with van der Waals surface area (Å²) in [6, 6.07) is 75.2. The predicted octanol–water partition coefficient (Wildman–Crippen LogP) is 13.7. The van der Waals surface area contributed by atoms with Gasteiger partial charge in [-0.1, -0.05) is 176 Å². The van der Waals surface area contributed by atoms with Crippen LogP contribution in [0.25, 0.3) is 123 Å². The first kappa shape index (κ1) is 37.4. The number of aromatic nitrogens is 8. The first-order valence-corrected chi connectivity index (χ1v) is 22.0. The molecule has 308 valence electrons. The van der Waals surface area contributed by atoms with Gasteiger partial charge in [0.25, 0.3) is 0 Å². The summed E-state index contributed by atoms with van der Waals surface area (Å²) >= 11 is 0. The SMILES string of the molecule is c1ccc(-c2nc(-c3ccc(-n4c5ccccc5c5ccc6c(c7ccccc7n6-c6nc(-c7ccccc7)nc(-c7ccccc7)n6)c54)cc3)nc(-c3cccc4ccccc34)n2)cc1. The maximum absolute atomic E-state index is 5.20. The van der Waals surface area contributed by atoms with Crippen LogP contribution in [0.3, 0.4) is 0 Å². The molecule has 66 heavy (non-hydrogen) atoms. The van der Waals surface area contributed by atoms with Crippen molar-refractivity contribution in [1.82, 2.24) is 39.0 Å². The van der Waals surface area contributed by atoms with Crippen LogP contribution in [-0.2, 0) is 0 Å². The minimum Gasteiger partial charge on any atom is -0.309 e. The van der Waals surface area contributed by atoms with Gasteiger partial charge in [0.2, 0.25) is 5.95 Å². The molecule has 0 N–H and O–H groups in total. The molecule has 0 bridgehead atoms. The van der Waals surface area contributed by atoms with E-state index in [1.165, 1.54) is 0 Å². The highest BCUT2D eigenvalue weighted by atomic mass is 15.2. The molecule has 0 aliphatic rings. The van der Waals surface area contributed by atoms with Crippen molar-refractivity contribution in [1.29, 1.82) is 0 Å². The van der Waals surface area contributed by atoms with Gasteiger partial charge in [-0.3, -0.25) is 4.57 Å². The van der Waals surface area contributed by atoms with Crippen molar-refractivity contribution < 1.29 is 0 Å². The van der Waals surface area contributed by atoms with E-state index in [9.17, 15) is 0 Å². The van der Waals surface area contributed by atoms with Crippen molar-refractivity contribution >= 4 is 54.4 Å². The average Bonchev–Trinajstić information content (AvgIpc) is 3.92. The van der Waals surface area contributed by atoms with Crippen molar-refractivity contribution in [2.24, 2.45) is 0 Å². The predicted molar refractivity (Wildman–Crippen MR) is 267 cm³/mol. The van der Waals surface area contributed by atoms with Gasteiger partial charge in [-0.05, 0) is 53.2 Å². The van der Waals surface area contributed by atoms with E-state index in [-0.39, 0.29) is 0 Å². The third kappa shape index (κ3) is 6.15. The van der Waals surface area contributed by atoms with E-state index in [2.05, 4.69) is 137 Å². The van der Waals surface area contributed by atoms with E-state index < -0.39 is 0 Å². The van der Waals surface area contributed by atoms with Crippen LogP contribution in [0, 0.1) is 0 Å². The quantitative estimate of drug-likeness (QED) is 0.159. The molecule has 0 aliphatic heterocycles. The van der Waals surface area contributed by atoms with Gasteiger partial charge in [-0.15, -0.1) is 0 Å². The zero-order valence-electron chi connectivity index (χ0n) is 35.4. The van der Waals surface area contributed by atoms with Crippen LogP contribution in [0.1, 0.15) is 0 Å². The van der Waals surface area contributed by atoms with E-state index in [1.807, 2.05) is 91.0 Å². The number of hydrogen-bond donors (Lipinski definition) is 0. The molecule has 0 spiro atoms. The summed E-state index contributed by atoms with van der Waals surface area (Å²) in [6.07, 6.45) is 0. The maximum Gasteiger partial charge on any atom is 0.238 e. The van der Waals surface area contributed by atoms with Gasteiger partial charge in [0, 0.05) is 55.0 Å². The second-order valence-corrected chi connectivity index (χ2v) is 16.3. The first-order valence-electron chi connectivity index (χ1n) is 22.0. The molecule has 0 radical (unpaired) electrons. The van der Waals surface area contributed by atoms with Crippen LogP contribution in [-0.4, -0.2) is 39.0 Å². The Labute approximate surface area is 378 Å². The van der Waals surface area contributed by atoms with Gasteiger partial charge in [0.15, 0.2) is 29.1 Å². The van der Waals surface area contributed by atoms with E-state index in [1.54, 1.807) is 0 Å². The summed E-state index contributed by atoms with van der Waals surface area (Å²) in [6.45, 7) is 0. The topological polar surface area (TPSA) is 87.2 Å². The Kier molecular flexibility index (Phi) is 8.67. The van der Waals surface area contributed by atoms with Crippen LogP contribution in [0.2, 0.25) is 0 Å². The summed E-state index contributed by atoms with van der Waals surface area (Å²) in [7, 11) is 0. The van der Waals surface area contributed by atoms with Gasteiger partial charge in [0.05, 0.1) is 22.1 Å². The molecule has 9 aromatic carbocycles. The van der Waals surface area contributed by atoms with Gasteiger partial charge < -0.3 is 4.57 Å². The molecule has 4 aromatic heterocycles. The molecule has 0 aliphatic carbocycles. The third-order valence-corrected chi connectivity index (χ3v) is 12.4. The van der Waals surface area contributed by atoms with E-state index in [4.69, 9.17) is 29.9 Å². The lowest BCUT2D eigenvalue weighted by molar-refractivity contribution is 0.953. The Morgan fingerprint density at radius 3 is 1.36 bits per heavy atom. The molecule has 0 atom stereocenters. The van der Waals surface area contributed by atoms with Crippen molar-refractivity contribution in [3.8, 4) is 68.6 Å². The average molecular weight is 845 g/mol. The Hall–Kier alpha value is -9.14. The number of benzene rings is 9. The van der Waals surface area contributed by atoms with Crippen LogP contribution in [0.4, 0.5) is 0 Å². The summed E-state index contributed by atoms with van der Waals surface area (Å²) in [5, 5.41) is 6.75. The molecule has 8 nitrogen and oxygen atoms in total. The van der Waals surface area contributed by atoms with E-state index in [0.717, 1.165) is 87.9 Å². The van der Waals surface area contributed by atoms with E-state index in [0.29, 0.717) is 35.1 Å². The number of fused-ring (bicyclic) bond motifs is 8. The van der Waals surface area contributed by atoms with Crippen LogP contribution in [0.15, 0.2) is 218 Å². The second kappa shape index (κ2) is 15.3. The van der Waals surface area contributed by atoms with Gasteiger partial charge >= 0.3 is 0 Å². The fraction of sp³-hybridized carbons (Fsp3) is 0. The highest BCUT2D eigenvalue weighted by Gasteiger charge is 2.23. The summed E-state index contributed by atoms with van der Waals surface area (Å²) in [5.74, 6) is 3.63. The van der Waals surface area contributed by atoms with Crippen molar-refractivity contribution in [2.75, 3.05) is 0 Å². The molecule has 4 heterocycles. The molecular weight excluding hydrogens is 809 g/mol. The number of hydrogen-bond acceptors (Lipinski definition) is 6. The molecular formula is C58H36N8. The highest BCUT2D eigenvalue weighted by Crippen LogP contribution is 2.42. The number of nitrogens with zero attached hydrogens (tertiary/aromatic N) is 8. The Morgan fingerprint density at radius 2 is 0.742 bits per heavy atom. The lowest BCUT2D eigenvalue weighted by Crippen LogP contribution is -2.06. The molecule has 0 amide bonds. The fourth-order valence-corrected chi connectivity index (χ4v) is 9.41. The minimum absolute atomic E-state index is 0.551. The smallest absolute Gasteiger partial charge is 0.238 e. The van der Waals surface area contributed by atoms with Crippen LogP contribution >= 0.6 is 0 Å². The standard InChI is InChI=1S/C58H36N8/c1-4-18-38(19-5-1)53-59-54(62-57(61-53)46-28-16-24-37-17-10-11-25-43(37)46)41-31-33-42(34-32-41)65-48-29-14-12-26-44(48)45-35-36-50-51(52(45)65)47-27-13-15-30-49(47)66(50)58-63-55(39-20-6-2-7-21-39)60-56(64-58)40-22-8-3-9-23-40/h1-36H. The second-order valence-electron chi connectivity index (χ2n) is 16.3. The van der Waals surface area contributed by atoms with Gasteiger partial charge in [0.1, 0.15) is 0 Å². The fourth-order valence-electron chi connectivity index (χ4n) is 9.41. The van der Waals surface area contributed by atoms with Gasteiger partial charge in [-0.2, -0.15) is 9.97 Å². The molecule has 0 saturated heterocycles. The molecule has 0 fully saturated rings. The van der Waals surface area contributed by atoms with Crippen molar-refractivity contribution in [3.05, 3.63) is 218 Å². The molecule has 0 saturated carbocycles. The molecule has 8 heteroatoms. The summed E-state index contributed by atoms with van der Waals surface area (Å²) in [5.41, 5.74) is 9.83. The Balaban J connectivity index is 1.02. The maximum atomic E-state index is 5.20. The lowest BCUT2D eigenvalue weighted by Gasteiger charge is -2.12. The monoisotopic (exact) mass is 844 g/mol. The highest BCUT2D eigenvalue weighted by molar-refractivity contribution is 6.26. The van der Waals surface area contributed by atoms with Crippen LogP contribution in [0.5, 0.6) is 0 Å². The zero-order valence-corrected chi connectivity index (χ0v) is 35.4. The summed E-state index contributed by atoms with van der Waals surface area (Å²) in [4.78, 5) is 30.7. The normalized spacial score (nSPS) is 11.6. The van der Waals surface area contributed by atoms with E-state index >= 15 is 0 Å². The third-order valence-electron chi connectivity index (χ3n) is 12.4. The zero-order chi connectivity index (χ0) is 43.6. The van der Waals surface area contributed by atoms with Crippen molar-refractivity contribution in [2.45, 2.75) is 0 Å². The summed E-state index contributed by atoms with van der Waals surface area (Å²) < 4.78 is 4.57. The number of para-hydroxylation sites is 2. The minimum atomic E-state index is 0.551. The largest absolute Gasteiger partial charge is 0.309 e. The number of rotatable bonds is 7. The molecule has 13 aromatic rings. The first-order chi connectivity index (χ1) is 32.7. The molecule has 13 rings (SSSR count). The lowest BCUT2D eigenvalue weighted by atomic mass is 10.0. The Bertz CT molecular complexity index is 3910. The van der Waals surface area contributed by atoms with Crippen LogP contribution < -0.4 is 0 Å². The van der Waals surface area contributed by atoms with Crippen molar-refractivity contribution in [3.63, 3.8) is 0 Å². The Morgan fingerprint density at radius 1 is 0.273 bits per heavy atom. The van der Waals surface area contributed by atoms with Gasteiger partial charge in [-0.25, -0.2) is 19.9 Å².